The SMILES string of the molecule is O=C1NCCN(C(=O)C23CC(C(=O)O)(C2)C3)C1c1ccccc1Cl. The summed E-state index contributed by atoms with van der Waals surface area (Å²) in [4.78, 5) is 38.3. The van der Waals surface area contributed by atoms with Gasteiger partial charge in [-0.05, 0) is 25.3 Å². The lowest BCUT2D eigenvalue weighted by Crippen LogP contribution is -2.72. The Kier molecular flexibility index (Phi) is 3.19. The van der Waals surface area contributed by atoms with E-state index in [1.165, 1.54) is 0 Å². The lowest BCUT2D eigenvalue weighted by atomic mass is 9.34. The van der Waals surface area contributed by atoms with E-state index in [1.807, 2.05) is 0 Å². The summed E-state index contributed by atoms with van der Waals surface area (Å²) in [5, 5.41) is 12.5. The van der Waals surface area contributed by atoms with Crippen LogP contribution in [0, 0.1) is 10.8 Å². The predicted molar refractivity (Wildman–Crippen MR) is 85.3 cm³/mol. The number of nitrogens with one attached hydrogen (secondary N) is 1. The quantitative estimate of drug-likeness (QED) is 0.868. The third kappa shape index (κ3) is 1.92. The van der Waals surface area contributed by atoms with E-state index in [4.69, 9.17) is 11.6 Å². The van der Waals surface area contributed by atoms with Crippen molar-refractivity contribution in [3.63, 3.8) is 0 Å². The summed E-state index contributed by atoms with van der Waals surface area (Å²) in [5.41, 5.74) is -0.715. The number of benzene rings is 1. The van der Waals surface area contributed by atoms with Gasteiger partial charge in [-0.1, -0.05) is 29.8 Å². The van der Waals surface area contributed by atoms with E-state index in [-0.39, 0.29) is 11.8 Å². The van der Waals surface area contributed by atoms with Crippen molar-refractivity contribution in [1.29, 1.82) is 0 Å². The predicted octanol–water partition coefficient (Wildman–Crippen LogP) is 1.59. The molecule has 1 aromatic rings. The molecule has 6 nitrogen and oxygen atoms in total. The van der Waals surface area contributed by atoms with Gasteiger partial charge in [0.1, 0.15) is 6.04 Å². The first-order valence-corrected chi connectivity index (χ1v) is 8.33. The molecular weight excluding hydrogens is 332 g/mol. The van der Waals surface area contributed by atoms with Crippen LogP contribution in [0.25, 0.3) is 0 Å². The molecule has 1 aliphatic heterocycles. The standard InChI is InChI=1S/C17H17ClN2O4/c18-11-4-2-1-3-10(11)12-13(21)19-5-6-20(12)14(22)16-7-17(8-16,9-16)15(23)24/h1-4,12H,5-9H2,(H,19,21)(H,23,24). The molecule has 3 saturated carbocycles. The van der Waals surface area contributed by atoms with Gasteiger partial charge in [-0.15, -0.1) is 0 Å². The van der Waals surface area contributed by atoms with Crippen molar-refractivity contribution >= 4 is 29.4 Å². The summed E-state index contributed by atoms with van der Waals surface area (Å²) < 4.78 is 0. The van der Waals surface area contributed by atoms with Gasteiger partial charge in [0.15, 0.2) is 0 Å². The van der Waals surface area contributed by atoms with E-state index in [9.17, 15) is 19.5 Å². The number of amides is 2. The molecular formula is C17H17ClN2O4. The molecule has 7 heteroatoms. The van der Waals surface area contributed by atoms with Gasteiger partial charge in [0.05, 0.1) is 10.8 Å². The second-order valence-electron chi connectivity index (χ2n) is 7.11. The van der Waals surface area contributed by atoms with Crippen LogP contribution >= 0.6 is 11.6 Å². The Balaban J connectivity index is 1.62. The molecule has 1 atom stereocenters. The zero-order chi connectivity index (χ0) is 17.1. The first kappa shape index (κ1) is 15.4. The molecule has 5 rings (SSSR count). The molecule has 1 heterocycles. The number of carboxylic acids is 1. The number of aliphatic carboxylic acids is 1. The summed E-state index contributed by atoms with van der Waals surface area (Å²) in [6.45, 7) is 0.800. The highest BCUT2D eigenvalue weighted by Gasteiger charge is 2.76. The molecule has 0 aromatic heterocycles. The minimum atomic E-state index is -0.823. The van der Waals surface area contributed by atoms with Crippen molar-refractivity contribution in [2.24, 2.45) is 10.8 Å². The van der Waals surface area contributed by atoms with E-state index in [2.05, 4.69) is 5.32 Å². The topological polar surface area (TPSA) is 86.7 Å². The molecule has 0 spiro atoms. The van der Waals surface area contributed by atoms with Gasteiger partial charge in [0.25, 0.3) is 0 Å². The zero-order valence-corrected chi connectivity index (χ0v) is 13.7. The molecule has 1 unspecified atom stereocenters. The molecule has 2 N–H and O–H groups in total. The van der Waals surface area contributed by atoms with Crippen molar-refractivity contribution in [1.82, 2.24) is 10.2 Å². The molecule has 1 saturated heterocycles. The van der Waals surface area contributed by atoms with Crippen LogP contribution in [0.3, 0.4) is 0 Å². The number of nitrogens with zero attached hydrogens (tertiary/aromatic N) is 1. The molecule has 126 valence electrons. The monoisotopic (exact) mass is 348 g/mol. The Morgan fingerprint density at radius 3 is 2.50 bits per heavy atom. The maximum Gasteiger partial charge on any atom is 0.309 e. The van der Waals surface area contributed by atoms with E-state index in [1.54, 1.807) is 29.2 Å². The molecule has 4 aliphatic rings. The Morgan fingerprint density at radius 1 is 1.21 bits per heavy atom. The van der Waals surface area contributed by atoms with Crippen LogP contribution in [0.1, 0.15) is 30.9 Å². The summed E-state index contributed by atoms with van der Waals surface area (Å²) >= 11 is 6.23. The Labute approximate surface area is 143 Å². The minimum absolute atomic E-state index is 0.120. The van der Waals surface area contributed by atoms with Gasteiger partial charge >= 0.3 is 5.97 Å². The minimum Gasteiger partial charge on any atom is -0.481 e. The third-order valence-electron chi connectivity index (χ3n) is 5.61. The number of piperazine rings is 1. The number of carboxylic acid groups (broad SMARTS) is 1. The van der Waals surface area contributed by atoms with Crippen molar-refractivity contribution in [2.75, 3.05) is 13.1 Å². The van der Waals surface area contributed by atoms with Gasteiger partial charge in [-0.3, -0.25) is 14.4 Å². The van der Waals surface area contributed by atoms with E-state index < -0.39 is 22.8 Å². The fraction of sp³-hybridized carbons (Fsp3) is 0.471. The highest BCUT2D eigenvalue weighted by molar-refractivity contribution is 6.31. The molecule has 3 aliphatic carbocycles. The van der Waals surface area contributed by atoms with Crippen LogP contribution in [-0.4, -0.2) is 40.9 Å². The summed E-state index contributed by atoms with van der Waals surface area (Å²) in [6, 6.07) is 6.25. The lowest BCUT2D eigenvalue weighted by Gasteiger charge is -2.67. The van der Waals surface area contributed by atoms with Gasteiger partial charge in [-0.25, -0.2) is 0 Å². The second kappa shape index (κ2) is 4.96. The molecule has 2 bridgehead atoms. The maximum atomic E-state index is 13.1. The van der Waals surface area contributed by atoms with E-state index in [0.29, 0.717) is 42.9 Å². The van der Waals surface area contributed by atoms with E-state index >= 15 is 0 Å². The Bertz CT molecular complexity index is 743. The van der Waals surface area contributed by atoms with Crippen molar-refractivity contribution in [2.45, 2.75) is 25.3 Å². The van der Waals surface area contributed by atoms with E-state index in [0.717, 1.165) is 0 Å². The number of hydrogen-bond acceptors (Lipinski definition) is 3. The van der Waals surface area contributed by atoms with Gasteiger partial charge in [-0.2, -0.15) is 0 Å². The normalized spacial score (nSPS) is 34.0. The number of rotatable bonds is 3. The Hall–Kier alpha value is -2.08. The lowest BCUT2D eigenvalue weighted by molar-refractivity contribution is -0.227. The summed E-state index contributed by atoms with van der Waals surface area (Å²) in [6.07, 6.45) is 1.13. The van der Waals surface area contributed by atoms with Crippen molar-refractivity contribution in [3.8, 4) is 0 Å². The number of halogens is 1. The molecule has 2 amide bonds. The highest BCUT2D eigenvalue weighted by atomic mass is 35.5. The van der Waals surface area contributed by atoms with Crippen molar-refractivity contribution < 1.29 is 19.5 Å². The smallest absolute Gasteiger partial charge is 0.309 e. The van der Waals surface area contributed by atoms with Gasteiger partial charge in [0, 0.05) is 23.7 Å². The van der Waals surface area contributed by atoms with Crippen LogP contribution in [0.5, 0.6) is 0 Å². The number of carbonyl (C=O) groups excluding carboxylic acids is 2. The Morgan fingerprint density at radius 2 is 1.88 bits per heavy atom. The van der Waals surface area contributed by atoms with Crippen LogP contribution in [-0.2, 0) is 14.4 Å². The molecule has 1 aromatic carbocycles. The molecule has 0 radical (unpaired) electrons. The fourth-order valence-electron chi connectivity index (χ4n) is 4.44. The van der Waals surface area contributed by atoms with Crippen LogP contribution in [0.2, 0.25) is 5.02 Å². The van der Waals surface area contributed by atoms with Crippen LogP contribution in [0.4, 0.5) is 0 Å². The van der Waals surface area contributed by atoms with Gasteiger partial charge < -0.3 is 15.3 Å². The summed E-state index contributed by atoms with van der Waals surface area (Å²) in [7, 11) is 0. The third-order valence-corrected chi connectivity index (χ3v) is 5.95. The second-order valence-corrected chi connectivity index (χ2v) is 7.52. The van der Waals surface area contributed by atoms with Crippen molar-refractivity contribution in [3.05, 3.63) is 34.9 Å². The van der Waals surface area contributed by atoms with Crippen LogP contribution < -0.4 is 5.32 Å². The van der Waals surface area contributed by atoms with Gasteiger partial charge in [0.2, 0.25) is 11.8 Å². The average Bonchev–Trinajstić information content (AvgIpc) is 2.44. The van der Waals surface area contributed by atoms with Crippen LogP contribution in [0.15, 0.2) is 24.3 Å². The first-order valence-electron chi connectivity index (χ1n) is 7.95. The molecule has 24 heavy (non-hydrogen) atoms. The largest absolute Gasteiger partial charge is 0.481 e. The summed E-state index contributed by atoms with van der Waals surface area (Å²) in [5.74, 6) is -1.19. The average molecular weight is 349 g/mol. The highest BCUT2D eigenvalue weighted by Crippen LogP contribution is 2.74. The fourth-order valence-corrected chi connectivity index (χ4v) is 4.68. The number of carbonyl (C=O) groups is 3. The zero-order valence-electron chi connectivity index (χ0n) is 12.9. The molecule has 4 fully saturated rings. The maximum absolute atomic E-state index is 13.1. The number of hydrogen-bond donors (Lipinski definition) is 2. The first-order chi connectivity index (χ1) is 11.4.